The van der Waals surface area contributed by atoms with Crippen LogP contribution in [0.5, 0.6) is 0 Å². The van der Waals surface area contributed by atoms with Crippen molar-refractivity contribution < 1.29 is 8.42 Å². The topological polar surface area (TPSA) is 49.4 Å². The second-order valence-electron chi connectivity index (χ2n) is 4.59. The zero-order chi connectivity index (χ0) is 13.0. The summed E-state index contributed by atoms with van der Waals surface area (Å²) in [4.78, 5) is 0. The van der Waals surface area contributed by atoms with Crippen LogP contribution >= 0.6 is 11.3 Å². The second kappa shape index (κ2) is 6.14. The number of hydrogen-bond acceptors (Lipinski definition) is 4. The molecular weight excluding hydrogens is 268 g/mol. The summed E-state index contributed by atoms with van der Waals surface area (Å²) in [6.07, 6.45) is 3.97. The normalized spacial score (nSPS) is 22.2. The molecule has 0 spiro atoms. The van der Waals surface area contributed by atoms with Gasteiger partial charge in [-0.3, -0.25) is 0 Å². The molecule has 1 unspecified atom stereocenters. The molecule has 0 amide bonds. The molecule has 1 aliphatic rings. The van der Waals surface area contributed by atoms with Gasteiger partial charge in [-0.15, -0.1) is 11.3 Å². The van der Waals surface area contributed by atoms with Gasteiger partial charge in [0.2, 0.25) is 0 Å². The van der Waals surface area contributed by atoms with Gasteiger partial charge in [0.25, 0.3) is 10.0 Å². The lowest BCUT2D eigenvalue weighted by molar-refractivity contribution is 0.241. The molecule has 2 heterocycles. The van der Waals surface area contributed by atoms with E-state index in [2.05, 4.69) is 5.32 Å². The first-order chi connectivity index (χ1) is 8.66. The van der Waals surface area contributed by atoms with Crippen LogP contribution in [0, 0.1) is 0 Å². The minimum absolute atomic E-state index is 0.151. The highest BCUT2D eigenvalue weighted by atomic mass is 32.2. The van der Waals surface area contributed by atoms with E-state index >= 15 is 0 Å². The van der Waals surface area contributed by atoms with Crippen molar-refractivity contribution in [3.05, 3.63) is 17.5 Å². The van der Waals surface area contributed by atoms with Gasteiger partial charge in [-0.05, 0) is 44.3 Å². The highest BCUT2D eigenvalue weighted by Crippen LogP contribution is 2.28. The van der Waals surface area contributed by atoms with Crippen LogP contribution in [-0.2, 0) is 10.0 Å². The largest absolute Gasteiger partial charge is 0.320 e. The van der Waals surface area contributed by atoms with E-state index in [4.69, 9.17) is 0 Å². The average Bonchev–Trinajstić information content (AvgIpc) is 2.91. The molecule has 1 N–H and O–H groups in total. The Kier molecular flexibility index (Phi) is 4.77. The second-order valence-corrected chi connectivity index (χ2v) is 7.65. The van der Waals surface area contributed by atoms with E-state index in [1.54, 1.807) is 16.4 Å². The van der Waals surface area contributed by atoms with Crippen LogP contribution in [0.1, 0.15) is 25.7 Å². The maximum atomic E-state index is 12.5. The Morgan fingerprint density at radius 3 is 3.00 bits per heavy atom. The molecule has 0 aromatic carbocycles. The molecule has 0 bridgehead atoms. The third-order valence-electron chi connectivity index (χ3n) is 3.36. The molecule has 0 radical (unpaired) electrons. The summed E-state index contributed by atoms with van der Waals surface area (Å²) in [5, 5.41) is 4.92. The molecule has 1 saturated heterocycles. The summed E-state index contributed by atoms with van der Waals surface area (Å²) < 4.78 is 27.3. The Labute approximate surface area is 113 Å². The standard InChI is InChI=1S/C12H20N2O2S2/c1-13-8-7-11-5-2-3-9-14(11)18(15,16)12-6-4-10-17-12/h4,6,10-11,13H,2-3,5,7-9H2,1H3. The molecule has 0 saturated carbocycles. The molecule has 1 aromatic heterocycles. The highest BCUT2D eigenvalue weighted by Gasteiger charge is 2.33. The summed E-state index contributed by atoms with van der Waals surface area (Å²) in [6.45, 7) is 1.52. The zero-order valence-corrected chi connectivity index (χ0v) is 12.3. The molecule has 2 rings (SSSR count). The maximum Gasteiger partial charge on any atom is 0.252 e. The molecule has 0 aliphatic carbocycles. The third kappa shape index (κ3) is 2.93. The number of hydrogen-bond donors (Lipinski definition) is 1. The van der Waals surface area contributed by atoms with E-state index in [-0.39, 0.29) is 6.04 Å². The minimum atomic E-state index is -3.27. The first-order valence-electron chi connectivity index (χ1n) is 6.36. The van der Waals surface area contributed by atoms with Crippen LogP contribution in [0.15, 0.2) is 21.7 Å². The van der Waals surface area contributed by atoms with Crippen LogP contribution in [0.2, 0.25) is 0 Å². The number of piperidine rings is 1. The lowest BCUT2D eigenvalue weighted by Crippen LogP contribution is -2.44. The number of nitrogens with zero attached hydrogens (tertiary/aromatic N) is 1. The highest BCUT2D eigenvalue weighted by molar-refractivity contribution is 7.91. The average molecular weight is 288 g/mol. The predicted octanol–water partition coefficient (Wildman–Crippen LogP) is 1.90. The van der Waals surface area contributed by atoms with Gasteiger partial charge in [-0.1, -0.05) is 12.5 Å². The summed E-state index contributed by atoms with van der Waals surface area (Å²) in [6, 6.07) is 3.65. The molecule has 1 aromatic rings. The molecular formula is C12H20N2O2S2. The lowest BCUT2D eigenvalue weighted by Gasteiger charge is -2.34. The van der Waals surface area contributed by atoms with E-state index in [0.717, 1.165) is 32.2 Å². The van der Waals surface area contributed by atoms with Crippen LogP contribution in [0.4, 0.5) is 0 Å². The van der Waals surface area contributed by atoms with Gasteiger partial charge < -0.3 is 5.32 Å². The summed E-state index contributed by atoms with van der Waals surface area (Å²) in [5.74, 6) is 0. The molecule has 1 aliphatic heterocycles. The van der Waals surface area contributed by atoms with Crippen molar-refractivity contribution in [3.8, 4) is 0 Å². The third-order valence-corrected chi connectivity index (χ3v) is 6.68. The number of sulfonamides is 1. The summed E-state index contributed by atoms with van der Waals surface area (Å²) in [5.41, 5.74) is 0. The van der Waals surface area contributed by atoms with Crippen molar-refractivity contribution >= 4 is 21.4 Å². The summed E-state index contributed by atoms with van der Waals surface area (Å²) >= 11 is 1.30. The number of rotatable bonds is 5. The Balaban J connectivity index is 2.18. The first-order valence-corrected chi connectivity index (χ1v) is 8.68. The van der Waals surface area contributed by atoms with Crippen molar-refractivity contribution in [2.75, 3.05) is 20.1 Å². The maximum absolute atomic E-state index is 12.5. The molecule has 1 atom stereocenters. The first kappa shape index (κ1) is 14.0. The minimum Gasteiger partial charge on any atom is -0.320 e. The van der Waals surface area contributed by atoms with Crippen LogP contribution < -0.4 is 5.32 Å². The van der Waals surface area contributed by atoms with Gasteiger partial charge in [0.15, 0.2) is 0 Å². The van der Waals surface area contributed by atoms with E-state index < -0.39 is 10.0 Å². The van der Waals surface area contributed by atoms with Crippen molar-refractivity contribution in [3.63, 3.8) is 0 Å². The van der Waals surface area contributed by atoms with Crippen molar-refractivity contribution in [1.82, 2.24) is 9.62 Å². The van der Waals surface area contributed by atoms with Gasteiger partial charge in [0, 0.05) is 12.6 Å². The molecule has 102 valence electrons. The van der Waals surface area contributed by atoms with Crippen molar-refractivity contribution in [1.29, 1.82) is 0 Å². The quantitative estimate of drug-likeness (QED) is 0.900. The Bertz CT molecular complexity index is 456. The number of nitrogens with one attached hydrogen (secondary N) is 1. The molecule has 18 heavy (non-hydrogen) atoms. The van der Waals surface area contributed by atoms with Gasteiger partial charge in [-0.2, -0.15) is 4.31 Å². The Morgan fingerprint density at radius 1 is 1.50 bits per heavy atom. The predicted molar refractivity (Wildman–Crippen MR) is 74.4 cm³/mol. The van der Waals surface area contributed by atoms with Gasteiger partial charge in [-0.25, -0.2) is 8.42 Å². The Morgan fingerprint density at radius 2 is 2.33 bits per heavy atom. The van der Waals surface area contributed by atoms with Crippen LogP contribution in [0.3, 0.4) is 0 Å². The van der Waals surface area contributed by atoms with Crippen LogP contribution in [0.25, 0.3) is 0 Å². The number of thiophene rings is 1. The van der Waals surface area contributed by atoms with E-state index in [0.29, 0.717) is 10.8 Å². The van der Waals surface area contributed by atoms with E-state index in [9.17, 15) is 8.42 Å². The van der Waals surface area contributed by atoms with E-state index in [1.807, 2.05) is 12.4 Å². The molecule has 4 nitrogen and oxygen atoms in total. The fraction of sp³-hybridized carbons (Fsp3) is 0.667. The van der Waals surface area contributed by atoms with Crippen LogP contribution in [-0.4, -0.2) is 38.9 Å². The smallest absolute Gasteiger partial charge is 0.252 e. The van der Waals surface area contributed by atoms with Gasteiger partial charge >= 0.3 is 0 Å². The summed E-state index contributed by atoms with van der Waals surface area (Å²) in [7, 11) is -1.37. The zero-order valence-electron chi connectivity index (χ0n) is 10.6. The fourth-order valence-electron chi connectivity index (χ4n) is 2.42. The molecule has 1 fully saturated rings. The monoisotopic (exact) mass is 288 g/mol. The van der Waals surface area contributed by atoms with Gasteiger partial charge in [0.05, 0.1) is 0 Å². The van der Waals surface area contributed by atoms with Gasteiger partial charge in [0.1, 0.15) is 4.21 Å². The van der Waals surface area contributed by atoms with Crippen molar-refractivity contribution in [2.45, 2.75) is 35.9 Å². The molecule has 6 heteroatoms. The Hall–Kier alpha value is -0.430. The fourth-order valence-corrected chi connectivity index (χ4v) is 5.26. The van der Waals surface area contributed by atoms with E-state index in [1.165, 1.54) is 11.3 Å². The lowest BCUT2D eigenvalue weighted by atomic mass is 10.0. The van der Waals surface area contributed by atoms with Crippen molar-refractivity contribution in [2.24, 2.45) is 0 Å². The SMILES string of the molecule is CNCCC1CCCCN1S(=O)(=O)c1cccs1.